The first-order valence-corrected chi connectivity index (χ1v) is 6.97. The van der Waals surface area contributed by atoms with Crippen molar-refractivity contribution in [3.63, 3.8) is 0 Å². The molecule has 0 heterocycles. The van der Waals surface area contributed by atoms with E-state index in [-0.39, 0.29) is 0 Å². The van der Waals surface area contributed by atoms with E-state index in [1.807, 2.05) is 0 Å². The quantitative estimate of drug-likeness (QED) is 0.557. The molecule has 0 unspecified atom stereocenters. The number of hydrogen-bond donors (Lipinski definition) is 0. The monoisotopic (exact) mass is 204 g/mol. The molecular weight excluding hydrogens is 180 g/mol. The fourth-order valence-corrected chi connectivity index (χ4v) is 7.03. The van der Waals surface area contributed by atoms with Gasteiger partial charge in [-0.3, -0.25) is 0 Å². The van der Waals surface area contributed by atoms with Crippen LogP contribution in [0.3, 0.4) is 0 Å². The maximum absolute atomic E-state index is 2.64. The summed E-state index contributed by atoms with van der Waals surface area (Å²) in [6.45, 7) is 10.5. The van der Waals surface area contributed by atoms with Gasteiger partial charge in [0.15, 0.2) is 0 Å². The van der Waals surface area contributed by atoms with Gasteiger partial charge < -0.3 is 0 Å². The molecule has 0 aromatic rings. The molecule has 0 saturated heterocycles. The van der Waals surface area contributed by atoms with Gasteiger partial charge in [0, 0.05) is 0 Å². The average Bonchev–Trinajstić information content (AvgIpc) is 2.78. The highest BCUT2D eigenvalue weighted by molar-refractivity contribution is 5.33. The maximum atomic E-state index is 2.64. The maximum Gasteiger partial charge on any atom is -0.0201 e. The molecule has 7 atom stereocenters. The smallest absolute Gasteiger partial charge is 0.0201 e. The molecule has 15 heavy (non-hydrogen) atoms. The second kappa shape index (κ2) is 2.05. The van der Waals surface area contributed by atoms with E-state index in [0.717, 1.165) is 29.1 Å². The summed E-state index contributed by atoms with van der Waals surface area (Å²) in [5, 5.41) is 0. The van der Waals surface area contributed by atoms with Crippen molar-refractivity contribution in [2.75, 3.05) is 0 Å². The molecule has 0 aromatic carbocycles. The van der Waals surface area contributed by atoms with Crippen LogP contribution in [-0.2, 0) is 0 Å². The third kappa shape index (κ3) is 0.599. The zero-order chi connectivity index (χ0) is 10.6. The largest absolute Gasteiger partial charge is 0.0622 e. The highest BCUT2D eigenvalue weighted by atomic mass is 14.9. The lowest BCUT2D eigenvalue weighted by Crippen LogP contribution is -2.52. The van der Waals surface area contributed by atoms with E-state index in [0.29, 0.717) is 10.8 Å². The highest BCUT2D eigenvalue weighted by Crippen LogP contribution is 2.91. The minimum absolute atomic E-state index is 0.699. The predicted molar refractivity (Wildman–Crippen MR) is 62.4 cm³/mol. The van der Waals surface area contributed by atoms with Crippen LogP contribution in [0.1, 0.15) is 53.4 Å². The first-order chi connectivity index (χ1) is 6.97. The van der Waals surface area contributed by atoms with Gasteiger partial charge in [0.1, 0.15) is 0 Å². The van der Waals surface area contributed by atoms with E-state index in [2.05, 4.69) is 27.7 Å². The summed E-state index contributed by atoms with van der Waals surface area (Å²) in [5.74, 6) is 4.34. The Bertz CT molecular complexity index is 346. The summed E-state index contributed by atoms with van der Waals surface area (Å²) < 4.78 is 0. The van der Waals surface area contributed by atoms with Crippen LogP contribution in [-0.4, -0.2) is 0 Å². The standard InChI is InChI=1S/C15H24/c1-9-5-8-14(3)13(2)7-6-10-12(11(9)13)15(10,14)4/h9-12H,5-8H2,1-4H3/t9-,10+,11+,12+,13-,14+,15+/m0/s1. The van der Waals surface area contributed by atoms with Crippen molar-refractivity contribution in [2.45, 2.75) is 53.4 Å². The van der Waals surface area contributed by atoms with E-state index in [4.69, 9.17) is 0 Å². The van der Waals surface area contributed by atoms with Gasteiger partial charge in [0.25, 0.3) is 0 Å². The molecular formula is C15H24. The summed E-state index contributed by atoms with van der Waals surface area (Å²) in [7, 11) is 0. The molecule has 0 radical (unpaired) electrons. The lowest BCUT2D eigenvalue weighted by atomic mass is 9.45. The predicted octanol–water partition coefficient (Wildman–Crippen LogP) is 4.10. The fraction of sp³-hybridized carbons (Fsp3) is 1.00. The molecule has 84 valence electrons. The molecule has 0 aliphatic heterocycles. The van der Waals surface area contributed by atoms with Crippen molar-refractivity contribution < 1.29 is 0 Å². The lowest BCUT2D eigenvalue weighted by molar-refractivity contribution is -0.106. The topological polar surface area (TPSA) is 0 Å². The Labute approximate surface area is 93.8 Å². The molecule has 5 saturated carbocycles. The molecule has 5 fully saturated rings. The Morgan fingerprint density at radius 2 is 1.67 bits per heavy atom. The van der Waals surface area contributed by atoms with Gasteiger partial charge in [-0.2, -0.15) is 0 Å². The summed E-state index contributed by atoms with van der Waals surface area (Å²) in [6, 6.07) is 0. The van der Waals surface area contributed by atoms with E-state index >= 15 is 0 Å². The van der Waals surface area contributed by atoms with Gasteiger partial charge in [0.2, 0.25) is 0 Å². The Morgan fingerprint density at radius 1 is 0.933 bits per heavy atom. The molecule has 6 bridgehead atoms. The zero-order valence-corrected chi connectivity index (χ0v) is 10.6. The molecule has 5 aliphatic rings. The second-order valence-electron chi connectivity index (χ2n) is 7.74. The van der Waals surface area contributed by atoms with Crippen LogP contribution < -0.4 is 0 Å². The van der Waals surface area contributed by atoms with Crippen molar-refractivity contribution in [1.29, 1.82) is 0 Å². The van der Waals surface area contributed by atoms with Gasteiger partial charge in [-0.05, 0) is 65.6 Å². The van der Waals surface area contributed by atoms with Gasteiger partial charge in [-0.1, -0.05) is 27.7 Å². The van der Waals surface area contributed by atoms with Gasteiger partial charge in [-0.15, -0.1) is 0 Å². The van der Waals surface area contributed by atoms with Crippen LogP contribution in [0.5, 0.6) is 0 Å². The third-order valence-corrected chi connectivity index (χ3v) is 8.05. The molecule has 0 N–H and O–H groups in total. The van der Waals surface area contributed by atoms with E-state index < -0.39 is 0 Å². The first kappa shape index (κ1) is 9.07. The van der Waals surface area contributed by atoms with Gasteiger partial charge >= 0.3 is 0 Å². The zero-order valence-electron chi connectivity index (χ0n) is 10.6. The second-order valence-corrected chi connectivity index (χ2v) is 7.74. The lowest BCUT2D eigenvalue weighted by Gasteiger charge is -2.59. The van der Waals surface area contributed by atoms with Gasteiger partial charge in [-0.25, -0.2) is 0 Å². The first-order valence-electron chi connectivity index (χ1n) is 6.97. The molecule has 0 amide bonds. The Kier molecular flexibility index (Phi) is 1.24. The summed E-state index contributed by atoms with van der Waals surface area (Å²) in [5.41, 5.74) is 2.17. The van der Waals surface area contributed by atoms with E-state index in [9.17, 15) is 0 Å². The minimum Gasteiger partial charge on any atom is -0.0622 e. The molecule has 0 aromatic heterocycles. The third-order valence-electron chi connectivity index (χ3n) is 8.05. The summed E-state index contributed by atoms with van der Waals surface area (Å²) in [6.07, 6.45) is 6.12. The molecule has 5 aliphatic carbocycles. The molecule has 0 heteroatoms. The molecule has 0 nitrogen and oxygen atoms in total. The van der Waals surface area contributed by atoms with Crippen LogP contribution >= 0.6 is 0 Å². The van der Waals surface area contributed by atoms with Crippen LogP contribution in [0.4, 0.5) is 0 Å². The number of hydrogen-bond acceptors (Lipinski definition) is 0. The van der Waals surface area contributed by atoms with Crippen molar-refractivity contribution in [1.82, 2.24) is 0 Å². The van der Waals surface area contributed by atoms with Gasteiger partial charge in [0.05, 0.1) is 0 Å². The Balaban J connectivity index is 1.95. The van der Waals surface area contributed by atoms with E-state index in [1.54, 1.807) is 6.42 Å². The van der Waals surface area contributed by atoms with Crippen LogP contribution in [0.15, 0.2) is 0 Å². The van der Waals surface area contributed by atoms with Crippen molar-refractivity contribution in [3.05, 3.63) is 0 Å². The summed E-state index contributed by atoms with van der Waals surface area (Å²) in [4.78, 5) is 0. The Morgan fingerprint density at radius 3 is 2.33 bits per heavy atom. The minimum atomic E-state index is 0.699. The summed E-state index contributed by atoms with van der Waals surface area (Å²) >= 11 is 0. The van der Waals surface area contributed by atoms with Crippen molar-refractivity contribution in [2.24, 2.45) is 39.9 Å². The number of rotatable bonds is 0. The van der Waals surface area contributed by atoms with E-state index in [1.165, 1.54) is 19.3 Å². The Hall–Kier alpha value is 0. The van der Waals surface area contributed by atoms with Crippen molar-refractivity contribution >= 4 is 0 Å². The highest BCUT2D eigenvalue weighted by Gasteiger charge is 2.86. The van der Waals surface area contributed by atoms with Crippen LogP contribution in [0.2, 0.25) is 0 Å². The fourth-order valence-electron chi connectivity index (χ4n) is 7.03. The molecule has 0 spiro atoms. The number of fused-ring (bicyclic) bond motifs is 1. The normalized spacial score (nSPS) is 74.4. The molecule has 5 rings (SSSR count). The van der Waals surface area contributed by atoms with Crippen LogP contribution in [0.25, 0.3) is 0 Å². The van der Waals surface area contributed by atoms with Crippen LogP contribution in [0, 0.1) is 39.9 Å². The SMILES string of the molecule is C[C@H]1CC[C@@]2(C)[C@@]3(C)[C@H]4[C@@H]1[C@]2(C)CC[C@H]43. The van der Waals surface area contributed by atoms with Crippen molar-refractivity contribution in [3.8, 4) is 0 Å². The average molecular weight is 204 g/mol.